The Labute approximate surface area is 131 Å². The van der Waals surface area contributed by atoms with Crippen molar-refractivity contribution in [3.8, 4) is 0 Å². The van der Waals surface area contributed by atoms with Crippen molar-refractivity contribution in [2.24, 2.45) is 0 Å². The molecule has 7 heteroatoms. The second-order valence-electron chi connectivity index (χ2n) is 4.70. The summed E-state index contributed by atoms with van der Waals surface area (Å²) in [5.41, 5.74) is 1.29. The van der Waals surface area contributed by atoms with Gasteiger partial charge < -0.3 is 5.32 Å². The molecule has 21 heavy (non-hydrogen) atoms. The van der Waals surface area contributed by atoms with Gasteiger partial charge in [-0.05, 0) is 19.2 Å². The number of carbonyl (C=O) groups excluding carboxylic acids is 1. The number of rotatable bonds is 5. The van der Waals surface area contributed by atoms with Gasteiger partial charge in [0, 0.05) is 36.0 Å². The van der Waals surface area contributed by atoms with Crippen LogP contribution in [-0.4, -0.2) is 22.8 Å². The van der Waals surface area contributed by atoms with Crippen molar-refractivity contribution in [2.45, 2.75) is 20.0 Å². The van der Waals surface area contributed by atoms with Crippen molar-refractivity contribution in [1.29, 1.82) is 0 Å². The zero-order valence-corrected chi connectivity index (χ0v) is 13.3. The number of halogens is 2. The number of hydrogen-bond donors (Lipinski definition) is 1. The smallest absolute Gasteiger partial charge is 0.223 e. The fourth-order valence-corrected chi connectivity index (χ4v) is 2.84. The minimum absolute atomic E-state index is 0.151. The molecule has 1 aromatic heterocycles. The average Bonchev–Trinajstić information content (AvgIpc) is 2.80. The third-order valence-corrected chi connectivity index (χ3v) is 3.92. The highest BCUT2D eigenvalue weighted by atomic mass is 35.5. The van der Waals surface area contributed by atoms with E-state index in [1.807, 2.05) is 17.3 Å². The van der Waals surface area contributed by atoms with Gasteiger partial charge in [-0.3, -0.25) is 9.69 Å². The predicted octanol–water partition coefficient (Wildman–Crippen LogP) is 3.53. The lowest BCUT2D eigenvalue weighted by Crippen LogP contribution is -2.18. The Morgan fingerprint density at radius 1 is 1.48 bits per heavy atom. The second-order valence-corrected chi connectivity index (χ2v) is 5.96. The minimum atomic E-state index is -0.313. The molecule has 0 spiro atoms. The number of hydrogen-bond acceptors (Lipinski definition) is 4. The van der Waals surface area contributed by atoms with E-state index in [4.69, 9.17) is 11.6 Å². The summed E-state index contributed by atoms with van der Waals surface area (Å²) < 4.78 is 13.7. The van der Waals surface area contributed by atoms with Gasteiger partial charge in [-0.25, -0.2) is 9.37 Å². The standard InChI is InChI=1S/C14H15ClFN3OS/c1-9(20)17-14-18-10(8-21-14)6-19(2)7-11-12(15)4-3-5-13(11)16/h3-5,8H,6-7H2,1-2H3,(H,17,18,20). The minimum Gasteiger partial charge on any atom is -0.302 e. The van der Waals surface area contributed by atoms with Crippen LogP contribution >= 0.6 is 22.9 Å². The average molecular weight is 328 g/mol. The summed E-state index contributed by atoms with van der Waals surface area (Å²) in [6, 6.07) is 4.65. The van der Waals surface area contributed by atoms with Crippen LogP contribution in [0.1, 0.15) is 18.2 Å². The molecule has 0 aliphatic rings. The van der Waals surface area contributed by atoms with Crippen molar-refractivity contribution in [1.82, 2.24) is 9.88 Å². The second kappa shape index (κ2) is 6.98. The molecular formula is C14H15ClFN3OS. The first-order chi connectivity index (χ1) is 9.95. The summed E-state index contributed by atoms with van der Waals surface area (Å²) in [5.74, 6) is -0.464. The Kier molecular flexibility index (Phi) is 5.27. The Morgan fingerprint density at radius 2 is 2.24 bits per heavy atom. The van der Waals surface area contributed by atoms with E-state index in [1.54, 1.807) is 12.1 Å². The van der Waals surface area contributed by atoms with Gasteiger partial charge in [-0.1, -0.05) is 17.7 Å². The summed E-state index contributed by atoms with van der Waals surface area (Å²) in [6.07, 6.45) is 0. The predicted molar refractivity (Wildman–Crippen MR) is 83.0 cm³/mol. The molecule has 0 fully saturated rings. The number of thiazole rings is 1. The zero-order chi connectivity index (χ0) is 15.4. The molecule has 1 aromatic carbocycles. The van der Waals surface area contributed by atoms with E-state index in [0.29, 0.717) is 28.8 Å². The van der Waals surface area contributed by atoms with Gasteiger partial charge >= 0.3 is 0 Å². The van der Waals surface area contributed by atoms with Gasteiger partial charge in [0.15, 0.2) is 5.13 Å². The zero-order valence-electron chi connectivity index (χ0n) is 11.7. The number of amides is 1. The summed E-state index contributed by atoms with van der Waals surface area (Å²) in [6.45, 7) is 2.37. The summed E-state index contributed by atoms with van der Waals surface area (Å²) >= 11 is 7.37. The number of aromatic nitrogens is 1. The van der Waals surface area contributed by atoms with Crippen molar-refractivity contribution in [3.63, 3.8) is 0 Å². The summed E-state index contributed by atoms with van der Waals surface area (Å²) in [4.78, 5) is 17.2. The fraction of sp³-hybridized carbons (Fsp3) is 0.286. The highest BCUT2D eigenvalue weighted by Gasteiger charge is 2.11. The molecule has 2 aromatic rings. The first-order valence-electron chi connectivity index (χ1n) is 6.29. The monoisotopic (exact) mass is 327 g/mol. The molecular weight excluding hydrogens is 313 g/mol. The SMILES string of the molecule is CC(=O)Nc1nc(CN(C)Cc2c(F)cccc2Cl)cs1. The highest BCUT2D eigenvalue weighted by Crippen LogP contribution is 2.22. The first-order valence-corrected chi connectivity index (χ1v) is 7.55. The molecule has 0 saturated heterocycles. The van der Waals surface area contributed by atoms with Crippen LogP contribution in [0.3, 0.4) is 0 Å². The molecule has 0 unspecified atom stereocenters. The molecule has 2 rings (SSSR count). The number of nitrogens with one attached hydrogen (secondary N) is 1. The number of anilines is 1. The lowest BCUT2D eigenvalue weighted by Gasteiger charge is -2.16. The van der Waals surface area contributed by atoms with Crippen LogP contribution in [0.4, 0.5) is 9.52 Å². The largest absolute Gasteiger partial charge is 0.302 e. The summed E-state index contributed by atoms with van der Waals surface area (Å²) in [5, 5.41) is 5.48. The van der Waals surface area contributed by atoms with E-state index in [-0.39, 0.29) is 11.7 Å². The third-order valence-electron chi connectivity index (χ3n) is 2.76. The normalized spacial score (nSPS) is 10.9. The number of benzene rings is 1. The maximum absolute atomic E-state index is 13.7. The fourth-order valence-electron chi connectivity index (χ4n) is 1.87. The van der Waals surface area contributed by atoms with Crippen LogP contribution in [0.15, 0.2) is 23.6 Å². The Bertz CT molecular complexity index is 627. The molecule has 1 N–H and O–H groups in total. The molecule has 0 aliphatic carbocycles. The molecule has 0 saturated carbocycles. The van der Waals surface area contributed by atoms with E-state index < -0.39 is 0 Å². The highest BCUT2D eigenvalue weighted by molar-refractivity contribution is 7.13. The number of nitrogens with zero attached hydrogens (tertiary/aromatic N) is 2. The van der Waals surface area contributed by atoms with Crippen molar-refractivity contribution in [3.05, 3.63) is 45.7 Å². The van der Waals surface area contributed by atoms with Crippen LogP contribution < -0.4 is 5.32 Å². The van der Waals surface area contributed by atoms with E-state index in [0.717, 1.165) is 5.69 Å². The van der Waals surface area contributed by atoms with Crippen LogP contribution in [0.5, 0.6) is 0 Å². The molecule has 1 heterocycles. The van der Waals surface area contributed by atoms with Crippen molar-refractivity contribution < 1.29 is 9.18 Å². The lowest BCUT2D eigenvalue weighted by atomic mass is 10.2. The van der Waals surface area contributed by atoms with Gasteiger partial charge in [-0.15, -0.1) is 11.3 Å². The van der Waals surface area contributed by atoms with Gasteiger partial charge in [0.1, 0.15) is 5.82 Å². The number of carbonyl (C=O) groups is 1. The Hall–Kier alpha value is -1.50. The molecule has 4 nitrogen and oxygen atoms in total. The Balaban J connectivity index is 2.00. The van der Waals surface area contributed by atoms with E-state index >= 15 is 0 Å². The Morgan fingerprint density at radius 3 is 2.90 bits per heavy atom. The van der Waals surface area contributed by atoms with E-state index in [1.165, 1.54) is 24.3 Å². The topological polar surface area (TPSA) is 45.2 Å². The van der Waals surface area contributed by atoms with Crippen LogP contribution in [0, 0.1) is 5.82 Å². The molecule has 0 aliphatic heterocycles. The maximum atomic E-state index is 13.7. The third kappa shape index (κ3) is 4.49. The molecule has 1 amide bonds. The first kappa shape index (κ1) is 15.9. The van der Waals surface area contributed by atoms with Gasteiger partial charge in [0.05, 0.1) is 5.69 Å². The van der Waals surface area contributed by atoms with Crippen LogP contribution in [-0.2, 0) is 17.9 Å². The molecule has 112 valence electrons. The summed E-state index contributed by atoms with van der Waals surface area (Å²) in [7, 11) is 1.86. The van der Waals surface area contributed by atoms with Gasteiger partial charge in [0.25, 0.3) is 0 Å². The molecule has 0 atom stereocenters. The quantitative estimate of drug-likeness (QED) is 0.913. The van der Waals surface area contributed by atoms with Crippen molar-refractivity contribution >= 4 is 34.0 Å². The van der Waals surface area contributed by atoms with Crippen molar-refractivity contribution in [2.75, 3.05) is 12.4 Å². The van der Waals surface area contributed by atoms with Crippen LogP contribution in [0.2, 0.25) is 5.02 Å². The van der Waals surface area contributed by atoms with E-state index in [2.05, 4.69) is 10.3 Å². The van der Waals surface area contributed by atoms with Crippen LogP contribution in [0.25, 0.3) is 0 Å². The maximum Gasteiger partial charge on any atom is 0.223 e. The van der Waals surface area contributed by atoms with Gasteiger partial charge in [0.2, 0.25) is 5.91 Å². The van der Waals surface area contributed by atoms with Gasteiger partial charge in [-0.2, -0.15) is 0 Å². The molecule has 0 radical (unpaired) electrons. The van der Waals surface area contributed by atoms with E-state index in [9.17, 15) is 9.18 Å². The lowest BCUT2D eigenvalue weighted by molar-refractivity contribution is -0.114. The molecule has 0 bridgehead atoms.